The highest BCUT2D eigenvalue weighted by Crippen LogP contribution is 2.23. The van der Waals surface area contributed by atoms with Crippen molar-refractivity contribution in [3.63, 3.8) is 0 Å². The highest BCUT2D eigenvalue weighted by Gasteiger charge is 2.08. The van der Waals surface area contributed by atoms with Crippen LogP contribution in [0.25, 0.3) is 0 Å². The molecular formula is C11H15N5O. The maximum Gasteiger partial charge on any atom is 0.212 e. The third-order valence-corrected chi connectivity index (χ3v) is 2.32. The molecule has 90 valence electrons. The SMILES string of the molecule is CC(N)c1ccccc1OCc1nnn(C)n1. The van der Waals surface area contributed by atoms with Gasteiger partial charge in [0.2, 0.25) is 5.82 Å². The fourth-order valence-corrected chi connectivity index (χ4v) is 1.51. The summed E-state index contributed by atoms with van der Waals surface area (Å²) in [6, 6.07) is 7.61. The molecule has 1 unspecified atom stereocenters. The first-order chi connectivity index (χ1) is 8.16. The van der Waals surface area contributed by atoms with Crippen molar-refractivity contribution in [1.29, 1.82) is 0 Å². The predicted molar refractivity (Wildman–Crippen MR) is 62.2 cm³/mol. The van der Waals surface area contributed by atoms with Gasteiger partial charge in [-0.05, 0) is 18.2 Å². The lowest BCUT2D eigenvalue weighted by Gasteiger charge is -2.12. The van der Waals surface area contributed by atoms with Crippen molar-refractivity contribution in [1.82, 2.24) is 20.2 Å². The lowest BCUT2D eigenvalue weighted by Crippen LogP contribution is -2.08. The molecule has 0 bridgehead atoms. The lowest BCUT2D eigenvalue weighted by atomic mass is 10.1. The molecule has 2 aromatic rings. The molecule has 0 saturated heterocycles. The fourth-order valence-electron chi connectivity index (χ4n) is 1.51. The second-order valence-corrected chi connectivity index (χ2v) is 3.81. The van der Waals surface area contributed by atoms with Crippen LogP contribution in [0.2, 0.25) is 0 Å². The van der Waals surface area contributed by atoms with Gasteiger partial charge in [-0.25, -0.2) is 0 Å². The standard InChI is InChI=1S/C11H15N5O/c1-8(12)9-5-3-4-6-10(9)17-7-11-13-15-16(2)14-11/h3-6,8H,7,12H2,1-2H3. The van der Waals surface area contributed by atoms with Crippen molar-refractivity contribution in [2.24, 2.45) is 12.8 Å². The van der Waals surface area contributed by atoms with E-state index in [1.807, 2.05) is 31.2 Å². The van der Waals surface area contributed by atoms with Crippen molar-refractivity contribution in [3.8, 4) is 5.75 Å². The fraction of sp³-hybridized carbons (Fsp3) is 0.364. The maximum atomic E-state index is 5.86. The van der Waals surface area contributed by atoms with Crippen LogP contribution in [-0.2, 0) is 13.7 Å². The molecule has 0 radical (unpaired) electrons. The van der Waals surface area contributed by atoms with Crippen LogP contribution in [0.5, 0.6) is 5.75 Å². The third-order valence-electron chi connectivity index (χ3n) is 2.32. The van der Waals surface area contributed by atoms with Crippen molar-refractivity contribution in [2.75, 3.05) is 0 Å². The summed E-state index contributed by atoms with van der Waals surface area (Å²) in [7, 11) is 1.71. The summed E-state index contributed by atoms with van der Waals surface area (Å²) in [5.41, 5.74) is 6.83. The second-order valence-electron chi connectivity index (χ2n) is 3.81. The Balaban J connectivity index is 2.08. The number of hydrogen-bond donors (Lipinski definition) is 1. The van der Waals surface area contributed by atoms with Crippen LogP contribution in [0.15, 0.2) is 24.3 Å². The first kappa shape index (κ1) is 11.5. The molecule has 1 heterocycles. The predicted octanol–water partition coefficient (Wildman–Crippen LogP) is 0.809. The zero-order valence-electron chi connectivity index (χ0n) is 9.87. The molecule has 0 fully saturated rings. The van der Waals surface area contributed by atoms with Crippen LogP contribution in [0.1, 0.15) is 24.4 Å². The molecule has 6 heteroatoms. The number of nitrogens with two attached hydrogens (primary N) is 1. The summed E-state index contributed by atoms with van der Waals surface area (Å²) in [6.07, 6.45) is 0. The van der Waals surface area contributed by atoms with Gasteiger partial charge in [-0.15, -0.1) is 10.2 Å². The molecule has 0 aliphatic carbocycles. The highest BCUT2D eigenvalue weighted by atomic mass is 16.5. The monoisotopic (exact) mass is 233 g/mol. The van der Waals surface area contributed by atoms with E-state index in [0.717, 1.165) is 11.3 Å². The minimum absolute atomic E-state index is 0.0685. The topological polar surface area (TPSA) is 78.9 Å². The molecule has 1 aromatic heterocycles. The largest absolute Gasteiger partial charge is 0.485 e. The van der Waals surface area contributed by atoms with Crippen molar-refractivity contribution in [2.45, 2.75) is 19.6 Å². The third kappa shape index (κ3) is 2.79. The van der Waals surface area contributed by atoms with Gasteiger partial charge in [0, 0.05) is 11.6 Å². The van der Waals surface area contributed by atoms with Gasteiger partial charge in [-0.2, -0.15) is 4.80 Å². The Hall–Kier alpha value is -1.95. The molecule has 0 aliphatic rings. The first-order valence-electron chi connectivity index (χ1n) is 5.37. The molecule has 0 spiro atoms. The maximum absolute atomic E-state index is 5.86. The molecule has 0 saturated carbocycles. The Kier molecular flexibility index (Phi) is 3.34. The number of benzene rings is 1. The number of ether oxygens (including phenoxy) is 1. The van der Waals surface area contributed by atoms with E-state index in [2.05, 4.69) is 15.4 Å². The Morgan fingerprint density at radius 2 is 2.18 bits per heavy atom. The average molecular weight is 233 g/mol. The van der Waals surface area contributed by atoms with Gasteiger partial charge in [0.25, 0.3) is 0 Å². The summed E-state index contributed by atoms with van der Waals surface area (Å²) in [6.45, 7) is 2.21. The molecule has 0 aliphatic heterocycles. The summed E-state index contributed by atoms with van der Waals surface area (Å²) in [4.78, 5) is 1.40. The summed E-state index contributed by atoms with van der Waals surface area (Å²) in [5.74, 6) is 1.31. The summed E-state index contributed by atoms with van der Waals surface area (Å²) >= 11 is 0. The van der Waals surface area contributed by atoms with Crippen LogP contribution in [0, 0.1) is 0 Å². The molecule has 0 amide bonds. The molecule has 2 N–H and O–H groups in total. The Morgan fingerprint density at radius 1 is 1.41 bits per heavy atom. The number of aromatic nitrogens is 4. The number of para-hydroxylation sites is 1. The summed E-state index contributed by atoms with van der Waals surface area (Å²) < 4.78 is 5.64. The van der Waals surface area contributed by atoms with Gasteiger partial charge < -0.3 is 10.5 Å². The van der Waals surface area contributed by atoms with E-state index in [1.54, 1.807) is 7.05 Å². The molecule has 2 rings (SSSR count). The first-order valence-corrected chi connectivity index (χ1v) is 5.37. The van der Waals surface area contributed by atoms with E-state index >= 15 is 0 Å². The molecule has 1 atom stereocenters. The van der Waals surface area contributed by atoms with E-state index in [1.165, 1.54) is 4.80 Å². The van der Waals surface area contributed by atoms with Gasteiger partial charge in [0.15, 0.2) is 6.61 Å². The van der Waals surface area contributed by atoms with Gasteiger partial charge in [0.1, 0.15) is 5.75 Å². The Morgan fingerprint density at radius 3 is 2.82 bits per heavy atom. The van der Waals surface area contributed by atoms with Crippen LogP contribution < -0.4 is 10.5 Å². The van der Waals surface area contributed by atoms with E-state index in [4.69, 9.17) is 10.5 Å². The zero-order chi connectivity index (χ0) is 12.3. The number of rotatable bonds is 4. The number of tetrazole rings is 1. The van der Waals surface area contributed by atoms with Gasteiger partial charge in [-0.1, -0.05) is 18.2 Å². The number of nitrogens with zero attached hydrogens (tertiary/aromatic N) is 4. The minimum Gasteiger partial charge on any atom is -0.485 e. The Bertz CT molecular complexity index is 494. The highest BCUT2D eigenvalue weighted by molar-refractivity contribution is 5.35. The van der Waals surface area contributed by atoms with Crippen LogP contribution in [0.3, 0.4) is 0 Å². The molecular weight excluding hydrogens is 218 g/mol. The van der Waals surface area contributed by atoms with Crippen LogP contribution in [0.4, 0.5) is 0 Å². The molecule has 1 aromatic carbocycles. The van der Waals surface area contributed by atoms with Gasteiger partial charge in [0.05, 0.1) is 7.05 Å². The summed E-state index contributed by atoms with van der Waals surface area (Å²) in [5, 5.41) is 11.6. The second kappa shape index (κ2) is 4.92. The van der Waals surface area contributed by atoms with Crippen molar-refractivity contribution < 1.29 is 4.74 Å². The van der Waals surface area contributed by atoms with Gasteiger partial charge in [-0.3, -0.25) is 0 Å². The Labute approximate surface area is 99.4 Å². The quantitative estimate of drug-likeness (QED) is 0.845. The minimum atomic E-state index is -0.0685. The average Bonchev–Trinajstić information content (AvgIpc) is 2.73. The van der Waals surface area contributed by atoms with Crippen LogP contribution in [-0.4, -0.2) is 20.2 Å². The van der Waals surface area contributed by atoms with E-state index in [9.17, 15) is 0 Å². The number of aryl methyl sites for hydroxylation is 1. The zero-order valence-corrected chi connectivity index (χ0v) is 9.87. The number of hydrogen-bond acceptors (Lipinski definition) is 5. The van der Waals surface area contributed by atoms with E-state index in [0.29, 0.717) is 5.82 Å². The molecule has 17 heavy (non-hydrogen) atoms. The lowest BCUT2D eigenvalue weighted by molar-refractivity contribution is 0.291. The van der Waals surface area contributed by atoms with Crippen molar-refractivity contribution in [3.05, 3.63) is 35.7 Å². The van der Waals surface area contributed by atoms with E-state index in [-0.39, 0.29) is 12.6 Å². The normalized spacial score (nSPS) is 12.4. The smallest absolute Gasteiger partial charge is 0.212 e. The molecule has 6 nitrogen and oxygen atoms in total. The van der Waals surface area contributed by atoms with Crippen LogP contribution >= 0.6 is 0 Å². The van der Waals surface area contributed by atoms with Crippen molar-refractivity contribution >= 4 is 0 Å². The van der Waals surface area contributed by atoms with Gasteiger partial charge >= 0.3 is 0 Å². The van der Waals surface area contributed by atoms with E-state index < -0.39 is 0 Å².